The first-order valence-corrected chi connectivity index (χ1v) is 3.15. The quantitative estimate of drug-likeness (QED) is 0.475. The number of rotatable bonds is 0. The lowest BCUT2D eigenvalue weighted by atomic mass is 9.98. The molecule has 0 unspecified atom stereocenters. The van der Waals surface area contributed by atoms with Crippen molar-refractivity contribution in [1.29, 1.82) is 10.8 Å². The van der Waals surface area contributed by atoms with Gasteiger partial charge in [-0.15, -0.1) is 0 Å². The summed E-state index contributed by atoms with van der Waals surface area (Å²) in [5.74, 6) is 0. The van der Waals surface area contributed by atoms with Crippen molar-refractivity contribution in [3.05, 3.63) is 23.3 Å². The van der Waals surface area contributed by atoms with Crippen LogP contribution in [0.3, 0.4) is 0 Å². The molecule has 2 heteroatoms. The molecule has 0 saturated carbocycles. The molecule has 0 heterocycles. The molecule has 0 aliphatic heterocycles. The normalized spacial score (nSPS) is 18.6. The van der Waals surface area contributed by atoms with Gasteiger partial charge >= 0.3 is 0 Å². The molecule has 0 amide bonds. The van der Waals surface area contributed by atoms with E-state index in [4.69, 9.17) is 10.8 Å². The SMILES string of the molecule is CC1=CC(=N)C(C)=CC1=N. The zero-order valence-corrected chi connectivity index (χ0v) is 6.15. The van der Waals surface area contributed by atoms with Gasteiger partial charge < -0.3 is 10.8 Å². The van der Waals surface area contributed by atoms with E-state index in [0.29, 0.717) is 11.4 Å². The van der Waals surface area contributed by atoms with Gasteiger partial charge in [0.25, 0.3) is 0 Å². The molecule has 2 nitrogen and oxygen atoms in total. The molecule has 0 aromatic carbocycles. The molecule has 1 aliphatic carbocycles. The third-order valence-corrected chi connectivity index (χ3v) is 1.57. The lowest BCUT2D eigenvalue weighted by Gasteiger charge is -2.08. The van der Waals surface area contributed by atoms with Crippen LogP contribution in [0.5, 0.6) is 0 Å². The summed E-state index contributed by atoms with van der Waals surface area (Å²) in [6, 6.07) is 0. The van der Waals surface area contributed by atoms with Crippen molar-refractivity contribution in [2.75, 3.05) is 0 Å². The number of hydrogen-bond donors (Lipinski definition) is 2. The van der Waals surface area contributed by atoms with Crippen LogP contribution in [0.1, 0.15) is 13.8 Å². The number of allylic oxidation sites excluding steroid dienone is 4. The molecule has 10 heavy (non-hydrogen) atoms. The summed E-state index contributed by atoms with van der Waals surface area (Å²) < 4.78 is 0. The molecular weight excluding hydrogens is 124 g/mol. The van der Waals surface area contributed by atoms with E-state index in [1.165, 1.54) is 0 Å². The van der Waals surface area contributed by atoms with E-state index < -0.39 is 0 Å². The second-order valence-corrected chi connectivity index (χ2v) is 2.48. The summed E-state index contributed by atoms with van der Waals surface area (Å²) >= 11 is 0. The van der Waals surface area contributed by atoms with Crippen molar-refractivity contribution in [2.45, 2.75) is 13.8 Å². The van der Waals surface area contributed by atoms with Crippen LogP contribution in [0.2, 0.25) is 0 Å². The molecule has 0 bridgehead atoms. The van der Waals surface area contributed by atoms with E-state index in [9.17, 15) is 0 Å². The predicted molar refractivity (Wildman–Crippen MR) is 43.0 cm³/mol. The minimum atomic E-state index is 0.522. The average molecular weight is 134 g/mol. The highest BCUT2D eigenvalue weighted by Crippen LogP contribution is 2.10. The molecular formula is C8H10N2. The van der Waals surface area contributed by atoms with Gasteiger partial charge in [0.05, 0.1) is 11.4 Å². The first-order valence-electron chi connectivity index (χ1n) is 3.15. The van der Waals surface area contributed by atoms with E-state index in [0.717, 1.165) is 11.1 Å². The van der Waals surface area contributed by atoms with Gasteiger partial charge in [0.1, 0.15) is 0 Å². The lowest BCUT2D eigenvalue weighted by molar-refractivity contribution is 1.39. The van der Waals surface area contributed by atoms with E-state index in [-0.39, 0.29) is 0 Å². The maximum absolute atomic E-state index is 7.37. The largest absolute Gasteiger partial charge is 0.301 e. The third-order valence-electron chi connectivity index (χ3n) is 1.57. The Labute approximate surface area is 60.3 Å². The average Bonchev–Trinajstić information content (AvgIpc) is 1.84. The molecule has 0 atom stereocenters. The van der Waals surface area contributed by atoms with Gasteiger partial charge in [-0.3, -0.25) is 0 Å². The molecule has 0 aromatic heterocycles. The van der Waals surface area contributed by atoms with Crippen LogP contribution < -0.4 is 0 Å². The second-order valence-electron chi connectivity index (χ2n) is 2.48. The molecule has 0 saturated heterocycles. The van der Waals surface area contributed by atoms with Gasteiger partial charge in [0, 0.05) is 0 Å². The van der Waals surface area contributed by atoms with E-state index in [1.807, 2.05) is 13.8 Å². The molecule has 0 spiro atoms. The van der Waals surface area contributed by atoms with Gasteiger partial charge in [-0.1, -0.05) is 0 Å². The summed E-state index contributed by atoms with van der Waals surface area (Å²) in [7, 11) is 0. The summed E-state index contributed by atoms with van der Waals surface area (Å²) in [5, 5.41) is 14.7. The third kappa shape index (κ3) is 1.05. The topological polar surface area (TPSA) is 47.7 Å². The maximum atomic E-state index is 7.37. The second kappa shape index (κ2) is 2.21. The Morgan fingerprint density at radius 2 is 1.20 bits per heavy atom. The highest BCUT2D eigenvalue weighted by molar-refractivity contribution is 6.21. The van der Waals surface area contributed by atoms with Crippen LogP contribution >= 0.6 is 0 Å². The monoisotopic (exact) mass is 134 g/mol. The Morgan fingerprint density at radius 3 is 1.50 bits per heavy atom. The summed E-state index contributed by atoms with van der Waals surface area (Å²) in [4.78, 5) is 0. The smallest absolute Gasteiger partial charge is 0.0573 e. The number of hydrogen-bond acceptors (Lipinski definition) is 2. The molecule has 1 rings (SSSR count). The van der Waals surface area contributed by atoms with Gasteiger partial charge in [-0.25, -0.2) is 0 Å². The van der Waals surface area contributed by atoms with Crippen molar-refractivity contribution in [2.24, 2.45) is 0 Å². The van der Waals surface area contributed by atoms with Crippen LogP contribution in [0.15, 0.2) is 23.3 Å². The van der Waals surface area contributed by atoms with Crippen LogP contribution in [-0.4, -0.2) is 11.4 Å². The molecule has 0 aromatic rings. The fourth-order valence-electron chi connectivity index (χ4n) is 0.816. The van der Waals surface area contributed by atoms with E-state index in [2.05, 4.69) is 0 Å². The van der Waals surface area contributed by atoms with Crippen molar-refractivity contribution >= 4 is 11.4 Å². The predicted octanol–water partition coefficient (Wildman–Crippen LogP) is 1.93. The van der Waals surface area contributed by atoms with Crippen molar-refractivity contribution in [1.82, 2.24) is 0 Å². The van der Waals surface area contributed by atoms with Crippen LogP contribution in [0, 0.1) is 10.8 Å². The summed E-state index contributed by atoms with van der Waals surface area (Å²) in [6.07, 6.45) is 3.44. The number of nitrogens with one attached hydrogen (secondary N) is 2. The highest BCUT2D eigenvalue weighted by atomic mass is 14.5. The molecule has 2 N–H and O–H groups in total. The first-order chi connectivity index (χ1) is 4.61. The van der Waals surface area contributed by atoms with Gasteiger partial charge in [0.2, 0.25) is 0 Å². The Kier molecular flexibility index (Phi) is 1.53. The fraction of sp³-hybridized carbons (Fsp3) is 0.250. The minimum Gasteiger partial charge on any atom is -0.301 e. The van der Waals surface area contributed by atoms with Gasteiger partial charge in [0.15, 0.2) is 0 Å². The molecule has 0 radical (unpaired) electrons. The molecule has 1 aliphatic rings. The maximum Gasteiger partial charge on any atom is 0.0573 e. The minimum absolute atomic E-state index is 0.522. The van der Waals surface area contributed by atoms with Crippen LogP contribution in [0.4, 0.5) is 0 Å². The van der Waals surface area contributed by atoms with E-state index in [1.54, 1.807) is 12.2 Å². The Balaban J connectivity index is 3.03. The zero-order valence-electron chi connectivity index (χ0n) is 6.15. The standard InChI is InChI=1S/C8H10N2/c1-5-3-8(10)6(2)4-7(5)9/h3-4,9-10H,1-2H3. The zero-order chi connectivity index (χ0) is 7.72. The fourth-order valence-corrected chi connectivity index (χ4v) is 0.816. The summed E-state index contributed by atoms with van der Waals surface area (Å²) in [5.41, 5.74) is 2.79. The van der Waals surface area contributed by atoms with Crippen LogP contribution in [0.25, 0.3) is 0 Å². The Morgan fingerprint density at radius 1 is 0.900 bits per heavy atom. The van der Waals surface area contributed by atoms with Crippen LogP contribution in [-0.2, 0) is 0 Å². The van der Waals surface area contributed by atoms with Crippen molar-refractivity contribution in [3.8, 4) is 0 Å². The lowest BCUT2D eigenvalue weighted by Crippen LogP contribution is -2.07. The van der Waals surface area contributed by atoms with Gasteiger partial charge in [-0.05, 0) is 37.1 Å². The molecule has 0 fully saturated rings. The first kappa shape index (κ1) is 6.93. The van der Waals surface area contributed by atoms with E-state index >= 15 is 0 Å². The Bertz CT molecular complexity index is 228. The van der Waals surface area contributed by atoms with Crippen molar-refractivity contribution < 1.29 is 0 Å². The van der Waals surface area contributed by atoms with Gasteiger partial charge in [-0.2, -0.15) is 0 Å². The molecule has 52 valence electrons. The summed E-state index contributed by atoms with van der Waals surface area (Å²) in [6.45, 7) is 3.69. The Hall–Kier alpha value is -1.18. The highest BCUT2D eigenvalue weighted by Gasteiger charge is 2.06. The van der Waals surface area contributed by atoms with Crippen molar-refractivity contribution in [3.63, 3.8) is 0 Å².